The van der Waals surface area contributed by atoms with E-state index in [1.165, 1.54) is 0 Å². The zero-order valence-corrected chi connectivity index (χ0v) is 18.1. The Bertz CT molecular complexity index is 677. The lowest BCUT2D eigenvalue weighted by atomic mass is 10.2. The van der Waals surface area contributed by atoms with Crippen molar-refractivity contribution in [1.29, 1.82) is 0 Å². The van der Waals surface area contributed by atoms with Gasteiger partial charge in [0.15, 0.2) is 15.8 Å². The third kappa shape index (κ3) is 7.81. The van der Waals surface area contributed by atoms with Crippen LogP contribution in [0, 0.1) is 0 Å². The van der Waals surface area contributed by atoms with Crippen molar-refractivity contribution in [3.05, 3.63) is 29.8 Å². The minimum absolute atomic E-state index is 0. The molecule has 1 aromatic carbocycles. The van der Waals surface area contributed by atoms with Gasteiger partial charge in [-0.15, -0.1) is 24.0 Å². The second-order valence-electron chi connectivity index (χ2n) is 6.25. The predicted octanol–water partition coefficient (Wildman–Crippen LogP) is 2.33. The van der Waals surface area contributed by atoms with Crippen LogP contribution in [0.1, 0.15) is 32.8 Å². The van der Waals surface area contributed by atoms with Crippen LogP contribution in [0.25, 0.3) is 0 Å². The average molecular weight is 481 g/mol. The number of ether oxygens (including phenoxy) is 1. The number of sulfone groups is 1. The molecule has 6 nitrogen and oxygen atoms in total. The number of aliphatic imine (C=N–C) groups is 1. The van der Waals surface area contributed by atoms with Crippen molar-refractivity contribution in [1.82, 2.24) is 10.6 Å². The summed E-state index contributed by atoms with van der Waals surface area (Å²) in [4.78, 5) is 4.56. The van der Waals surface area contributed by atoms with Gasteiger partial charge in [0.1, 0.15) is 5.75 Å². The average Bonchev–Trinajstić information content (AvgIpc) is 2.84. The maximum absolute atomic E-state index is 11.6. The number of nitrogens with zero attached hydrogens (tertiary/aromatic N) is 1. The van der Waals surface area contributed by atoms with E-state index >= 15 is 0 Å². The van der Waals surface area contributed by atoms with Gasteiger partial charge in [-0.05, 0) is 44.9 Å². The summed E-state index contributed by atoms with van der Waals surface area (Å²) < 4.78 is 28.8. The summed E-state index contributed by atoms with van der Waals surface area (Å²) in [6, 6.07) is 7.79. The van der Waals surface area contributed by atoms with E-state index in [2.05, 4.69) is 15.6 Å². The highest BCUT2D eigenvalue weighted by Gasteiger charge is 2.28. The Morgan fingerprint density at radius 3 is 2.76 bits per heavy atom. The second kappa shape index (κ2) is 10.2. The van der Waals surface area contributed by atoms with Gasteiger partial charge in [0, 0.05) is 12.6 Å². The monoisotopic (exact) mass is 481 g/mol. The Balaban J connectivity index is 0.00000312. The molecule has 142 valence electrons. The number of halogens is 1. The van der Waals surface area contributed by atoms with E-state index in [1.807, 2.05) is 45.0 Å². The normalized spacial score (nSPS) is 19.4. The molecule has 1 saturated heterocycles. The van der Waals surface area contributed by atoms with Crippen LogP contribution in [0.5, 0.6) is 5.75 Å². The van der Waals surface area contributed by atoms with Gasteiger partial charge in [0.2, 0.25) is 0 Å². The molecule has 1 fully saturated rings. The number of hydrogen-bond acceptors (Lipinski definition) is 4. The van der Waals surface area contributed by atoms with Crippen LogP contribution in [-0.4, -0.2) is 44.6 Å². The fraction of sp³-hybridized carbons (Fsp3) is 0.588. The summed E-state index contributed by atoms with van der Waals surface area (Å²) in [5.41, 5.74) is 1.05. The molecule has 2 N–H and O–H groups in total. The Labute approximate surface area is 167 Å². The molecule has 1 aliphatic rings. The molecule has 8 heteroatoms. The lowest BCUT2D eigenvalue weighted by Gasteiger charge is -2.16. The van der Waals surface area contributed by atoms with Gasteiger partial charge in [0.05, 0.1) is 24.2 Å². The van der Waals surface area contributed by atoms with Gasteiger partial charge in [-0.2, -0.15) is 0 Å². The van der Waals surface area contributed by atoms with Crippen molar-refractivity contribution in [3.8, 4) is 5.75 Å². The number of benzene rings is 1. The van der Waals surface area contributed by atoms with Gasteiger partial charge in [-0.25, -0.2) is 13.4 Å². The molecule has 1 heterocycles. The first-order valence-electron chi connectivity index (χ1n) is 8.39. The van der Waals surface area contributed by atoms with E-state index < -0.39 is 9.84 Å². The van der Waals surface area contributed by atoms with Crippen molar-refractivity contribution in [2.45, 2.75) is 45.9 Å². The molecular formula is C17H28IN3O3S. The zero-order valence-electron chi connectivity index (χ0n) is 15.0. The molecule has 1 atom stereocenters. The van der Waals surface area contributed by atoms with Crippen molar-refractivity contribution < 1.29 is 13.2 Å². The lowest BCUT2D eigenvalue weighted by Crippen LogP contribution is -2.44. The molecule has 1 aromatic rings. The molecule has 0 amide bonds. The largest absolute Gasteiger partial charge is 0.491 e. The van der Waals surface area contributed by atoms with Gasteiger partial charge >= 0.3 is 0 Å². The highest BCUT2D eigenvalue weighted by Crippen LogP contribution is 2.16. The van der Waals surface area contributed by atoms with Crippen LogP contribution >= 0.6 is 24.0 Å². The first kappa shape index (κ1) is 22.0. The standard InChI is InChI=1S/C17H27N3O3S.HI/c1-4-18-17(20-15-8-9-24(21,22)12-15)19-11-14-6-5-7-16(10-14)23-13(2)3;/h5-7,10,13,15H,4,8-9,11-12H2,1-3H3,(H2,18,19,20);1H. The van der Waals surface area contributed by atoms with Crippen LogP contribution in [0.15, 0.2) is 29.3 Å². The molecule has 0 saturated carbocycles. The predicted molar refractivity (Wildman–Crippen MR) is 113 cm³/mol. The molecular weight excluding hydrogens is 453 g/mol. The summed E-state index contributed by atoms with van der Waals surface area (Å²) in [7, 11) is -2.90. The Kier molecular flexibility index (Phi) is 8.98. The smallest absolute Gasteiger partial charge is 0.191 e. The molecule has 2 rings (SSSR count). The summed E-state index contributed by atoms with van der Waals surface area (Å²) in [6.45, 7) is 7.20. The van der Waals surface area contributed by atoms with Crippen molar-refractivity contribution in [2.75, 3.05) is 18.1 Å². The van der Waals surface area contributed by atoms with Crippen molar-refractivity contribution in [3.63, 3.8) is 0 Å². The van der Waals surface area contributed by atoms with Gasteiger partial charge in [-0.3, -0.25) is 0 Å². The molecule has 25 heavy (non-hydrogen) atoms. The maximum atomic E-state index is 11.6. The van der Waals surface area contributed by atoms with Gasteiger partial charge in [-0.1, -0.05) is 12.1 Å². The first-order valence-corrected chi connectivity index (χ1v) is 10.2. The van der Waals surface area contributed by atoms with Crippen molar-refractivity contribution >= 4 is 39.8 Å². The van der Waals surface area contributed by atoms with E-state index in [-0.39, 0.29) is 47.6 Å². The highest BCUT2D eigenvalue weighted by atomic mass is 127. The Morgan fingerprint density at radius 1 is 1.40 bits per heavy atom. The molecule has 1 unspecified atom stereocenters. The Hall–Kier alpha value is -1.03. The van der Waals surface area contributed by atoms with Crippen LogP contribution in [0.2, 0.25) is 0 Å². The number of rotatable bonds is 6. The quantitative estimate of drug-likeness (QED) is 0.371. The van der Waals surface area contributed by atoms with Gasteiger partial charge < -0.3 is 15.4 Å². The number of guanidine groups is 1. The zero-order chi connectivity index (χ0) is 17.6. The molecule has 0 spiro atoms. The van der Waals surface area contributed by atoms with Crippen LogP contribution < -0.4 is 15.4 Å². The van der Waals surface area contributed by atoms with E-state index in [0.717, 1.165) is 17.9 Å². The Morgan fingerprint density at radius 2 is 2.16 bits per heavy atom. The molecule has 0 radical (unpaired) electrons. The van der Waals surface area contributed by atoms with E-state index in [9.17, 15) is 8.42 Å². The van der Waals surface area contributed by atoms with Crippen LogP contribution in [0.3, 0.4) is 0 Å². The molecule has 1 aliphatic heterocycles. The lowest BCUT2D eigenvalue weighted by molar-refractivity contribution is 0.242. The highest BCUT2D eigenvalue weighted by molar-refractivity contribution is 14.0. The SMILES string of the molecule is CCNC(=NCc1cccc(OC(C)C)c1)NC1CCS(=O)(=O)C1.I. The number of nitrogens with one attached hydrogen (secondary N) is 2. The topological polar surface area (TPSA) is 79.8 Å². The third-order valence-corrected chi connectivity index (χ3v) is 5.38. The number of hydrogen-bond donors (Lipinski definition) is 2. The third-order valence-electron chi connectivity index (χ3n) is 3.61. The van der Waals surface area contributed by atoms with E-state index in [1.54, 1.807) is 0 Å². The molecule has 0 aromatic heterocycles. The molecule has 0 bridgehead atoms. The van der Waals surface area contributed by atoms with E-state index in [0.29, 0.717) is 18.9 Å². The minimum atomic E-state index is -2.90. The fourth-order valence-corrected chi connectivity index (χ4v) is 4.26. The fourth-order valence-electron chi connectivity index (χ4n) is 2.58. The summed E-state index contributed by atoms with van der Waals surface area (Å²) in [5, 5.41) is 6.38. The maximum Gasteiger partial charge on any atom is 0.191 e. The van der Waals surface area contributed by atoms with E-state index in [4.69, 9.17) is 4.74 Å². The van der Waals surface area contributed by atoms with Crippen LogP contribution in [0.4, 0.5) is 0 Å². The minimum Gasteiger partial charge on any atom is -0.491 e. The summed E-state index contributed by atoms with van der Waals surface area (Å²) in [5.74, 6) is 1.90. The second-order valence-corrected chi connectivity index (χ2v) is 8.48. The van der Waals surface area contributed by atoms with Crippen molar-refractivity contribution in [2.24, 2.45) is 4.99 Å². The summed E-state index contributed by atoms with van der Waals surface area (Å²) in [6.07, 6.45) is 0.761. The molecule has 0 aliphatic carbocycles. The van der Waals surface area contributed by atoms with Crippen LogP contribution in [-0.2, 0) is 16.4 Å². The summed E-state index contributed by atoms with van der Waals surface area (Å²) >= 11 is 0. The van der Waals surface area contributed by atoms with Gasteiger partial charge in [0.25, 0.3) is 0 Å². The first-order chi connectivity index (χ1) is 11.4.